The number of hydrogen-bond donors (Lipinski definition) is 1. The van der Waals surface area contributed by atoms with Gasteiger partial charge in [-0.3, -0.25) is 0 Å². The fourth-order valence-corrected chi connectivity index (χ4v) is 1.29. The first-order valence-electron chi connectivity index (χ1n) is 4.95. The number of anilines is 1. The Morgan fingerprint density at radius 1 is 1.47 bits per heavy atom. The van der Waals surface area contributed by atoms with Gasteiger partial charge in [0.15, 0.2) is 0 Å². The molecule has 0 aliphatic heterocycles. The quantitative estimate of drug-likeness (QED) is 0.764. The van der Waals surface area contributed by atoms with Crippen molar-refractivity contribution in [1.29, 1.82) is 0 Å². The van der Waals surface area contributed by atoms with Crippen molar-refractivity contribution in [3.05, 3.63) is 18.0 Å². The van der Waals surface area contributed by atoms with E-state index in [9.17, 15) is 0 Å². The van der Waals surface area contributed by atoms with Crippen LogP contribution in [0, 0.1) is 6.92 Å². The van der Waals surface area contributed by atoms with Crippen LogP contribution in [-0.4, -0.2) is 28.0 Å². The average molecular weight is 224 g/mol. The first-order valence-corrected chi connectivity index (χ1v) is 5.36. The van der Waals surface area contributed by atoms with Gasteiger partial charge in [-0.1, -0.05) is 12.2 Å². The molecule has 0 unspecified atom stereocenters. The van der Waals surface area contributed by atoms with E-state index in [1.165, 1.54) is 0 Å². The lowest BCUT2D eigenvalue weighted by molar-refractivity contribution is 0.796. The molecule has 0 fully saturated rings. The Kier molecular flexibility index (Phi) is 4.42. The van der Waals surface area contributed by atoms with Gasteiger partial charge in [-0.05, 0) is 19.4 Å². The molecule has 4 nitrogen and oxygen atoms in total. The van der Waals surface area contributed by atoms with Gasteiger partial charge in [-0.25, -0.2) is 9.97 Å². The molecule has 0 amide bonds. The highest BCUT2D eigenvalue weighted by Gasteiger charge is 2.06. The van der Waals surface area contributed by atoms with E-state index in [1.807, 2.05) is 19.3 Å². The van der Waals surface area contributed by atoms with Gasteiger partial charge >= 0.3 is 0 Å². The van der Waals surface area contributed by atoms with Gasteiger partial charge in [-0.2, -0.15) is 0 Å². The summed E-state index contributed by atoms with van der Waals surface area (Å²) in [5.41, 5.74) is 6.52. The Hall–Kier alpha value is -1.23. The lowest BCUT2D eigenvalue weighted by atomic mass is 10.4. The maximum atomic E-state index is 5.46. The molecule has 2 N–H and O–H groups in total. The maximum Gasteiger partial charge on any atom is 0.225 e. The van der Waals surface area contributed by atoms with Crippen molar-refractivity contribution in [3.63, 3.8) is 0 Å². The summed E-state index contributed by atoms with van der Waals surface area (Å²) in [6, 6.07) is 0. The summed E-state index contributed by atoms with van der Waals surface area (Å²) < 4.78 is 0. The van der Waals surface area contributed by atoms with E-state index >= 15 is 0 Å². The summed E-state index contributed by atoms with van der Waals surface area (Å²) in [4.78, 5) is 11.1. The molecule has 0 aliphatic rings. The highest BCUT2D eigenvalue weighted by atomic mass is 32.1. The Morgan fingerprint density at radius 3 is 2.53 bits per heavy atom. The van der Waals surface area contributed by atoms with E-state index < -0.39 is 0 Å². The Morgan fingerprint density at radius 2 is 2.07 bits per heavy atom. The molecule has 1 aromatic rings. The van der Waals surface area contributed by atoms with Crippen molar-refractivity contribution in [3.8, 4) is 0 Å². The zero-order chi connectivity index (χ0) is 11.3. The minimum Gasteiger partial charge on any atom is -0.393 e. The molecular formula is C10H16N4S. The number of aromatic nitrogens is 2. The molecule has 0 spiro atoms. The summed E-state index contributed by atoms with van der Waals surface area (Å²) in [7, 11) is 0. The molecular weight excluding hydrogens is 208 g/mol. The number of nitrogens with zero attached hydrogens (tertiary/aromatic N) is 3. The summed E-state index contributed by atoms with van der Waals surface area (Å²) in [5.74, 6) is 0.736. The van der Waals surface area contributed by atoms with Gasteiger partial charge in [0.2, 0.25) is 5.95 Å². The largest absolute Gasteiger partial charge is 0.393 e. The molecule has 0 atom stereocenters. The van der Waals surface area contributed by atoms with Crippen LogP contribution >= 0.6 is 12.2 Å². The van der Waals surface area contributed by atoms with Crippen molar-refractivity contribution in [2.75, 3.05) is 18.0 Å². The van der Waals surface area contributed by atoms with E-state index in [4.69, 9.17) is 18.0 Å². The van der Waals surface area contributed by atoms with E-state index in [1.54, 1.807) is 0 Å². The van der Waals surface area contributed by atoms with Gasteiger partial charge in [0.1, 0.15) is 0 Å². The Balaban J connectivity index is 2.65. The van der Waals surface area contributed by atoms with Crippen LogP contribution in [0.4, 0.5) is 5.95 Å². The van der Waals surface area contributed by atoms with Gasteiger partial charge < -0.3 is 10.6 Å². The Bertz CT molecular complexity index is 323. The van der Waals surface area contributed by atoms with Crippen LogP contribution in [0.2, 0.25) is 0 Å². The molecule has 0 aromatic carbocycles. The first-order chi connectivity index (χ1) is 7.13. The third-order valence-corrected chi connectivity index (χ3v) is 2.26. The van der Waals surface area contributed by atoms with Crippen molar-refractivity contribution in [1.82, 2.24) is 9.97 Å². The summed E-state index contributed by atoms with van der Waals surface area (Å²) in [6.07, 6.45) is 4.32. The third-order valence-electron chi connectivity index (χ3n) is 2.06. The molecule has 1 rings (SSSR count). The van der Waals surface area contributed by atoms with Crippen LogP contribution in [-0.2, 0) is 0 Å². The maximum absolute atomic E-state index is 5.46. The van der Waals surface area contributed by atoms with E-state index in [0.717, 1.165) is 24.6 Å². The second kappa shape index (κ2) is 5.60. The lowest BCUT2D eigenvalue weighted by Gasteiger charge is -2.20. The topological polar surface area (TPSA) is 55.0 Å². The number of nitrogens with two attached hydrogens (primary N) is 1. The zero-order valence-electron chi connectivity index (χ0n) is 9.10. The second-order valence-corrected chi connectivity index (χ2v) is 3.88. The number of aryl methyl sites for hydroxylation is 1. The SMILES string of the molecule is CCN(CCC(N)=S)c1ncc(C)cn1. The molecule has 0 radical (unpaired) electrons. The van der Waals surface area contributed by atoms with Crippen LogP contribution in [0.25, 0.3) is 0 Å². The molecule has 15 heavy (non-hydrogen) atoms. The molecule has 1 heterocycles. The summed E-state index contributed by atoms with van der Waals surface area (Å²) in [6.45, 7) is 5.65. The van der Waals surface area contributed by atoms with Gasteiger partial charge in [0.25, 0.3) is 0 Å². The average Bonchev–Trinajstić information content (AvgIpc) is 2.21. The minimum atomic E-state index is 0.528. The summed E-state index contributed by atoms with van der Waals surface area (Å²) in [5, 5.41) is 0. The molecule has 0 aliphatic carbocycles. The Labute approximate surface area is 95.5 Å². The minimum absolute atomic E-state index is 0.528. The first kappa shape index (κ1) is 11.8. The highest BCUT2D eigenvalue weighted by molar-refractivity contribution is 7.80. The number of hydrogen-bond acceptors (Lipinski definition) is 4. The molecule has 0 saturated heterocycles. The lowest BCUT2D eigenvalue weighted by Crippen LogP contribution is -2.28. The van der Waals surface area contributed by atoms with E-state index in [0.29, 0.717) is 11.4 Å². The van der Waals surface area contributed by atoms with Gasteiger partial charge in [0.05, 0.1) is 4.99 Å². The van der Waals surface area contributed by atoms with Gasteiger partial charge in [0, 0.05) is 31.9 Å². The standard InChI is InChI=1S/C10H16N4S/c1-3-14(5-4-9(11)15)10-12-6-8(2)7-13-10/h6-7H,3-5H2,1-2H3,(H2,11,15). The van der Waals surface area contributed by atoms with Crippen molar-refractivity contribution >= 4 is 23.2 Å². The van der Waals surface area contributed by atoms with Crippen LogP contribution in [0.3, 0.4) is 0 Å². The molecule has 0 saturated carbocycles. The molecule has 1 aromatic heterocycles. The second-order valence-electron chi connectivity index (χ2n) is 3.36. The van der Waals surface area contributed by atoms with Crippen LogP contribution < -0.4 is 10.6 Å². The van der Waals surface area contributed by atoms with Crippen LogP contribution in [0.5, 0.6) is 0 Å². The van der Waals surface area contributed by atoms with Crippen LogP contribution in [0.1, 0.15) is 18.9 Å². The summed E-state index contributed by atoms with van der Waals surface area (Å²) >= 11 is 4.84. The molecule has 5 heteroatoms. The third kappa shape index (κ3) is 3.79. The van der Waals surface area contributed by atoms with E-state index in [2.05, 4.69) is 21.8 Å². The predicted octanol–water partition coefficient (Wildman–Crippen LogP) is 1.29. The fraction of sp³-hybridized carbons (Fsp3) is 0.500. The van der Waals surface area contributed by atoms with Crippen molar-refractivity contribution in [2.24, 2.45) is 5.73 Å². The zero-order valence-corrected chi connectivity index (χ0v) is 9.92. The number of rotatable bonds is 5. The van der Waals surface area contributed by atoms with Crippen molar-refractivity contribution in [2.45, 2.75) is 20.3 Å². The monoisotopic (exact) mass is 224 g/mol. The molecule has 82 valence electrons. The van der Waals surface area contributed by atoms with Crippen molar-refractivity contribution < 1.29 is 0 Å². The number of thiocarbonyl (C=S) groups is 1. The predicted molar refractivity (Wildman–Crippen MR) is 66.1 cm³/mol. The van der Waals surface area contributed by atoms with E-state index in [-0.39, 0.29) is 0 Å². The normalized spacial score (nSPS) is 10.0. The van der Waals surface area contributed by atoms with Gasteiger partial charge in [-0.15, -0.1) is 0 Å². The fourth-order valence-electron chi connectivity index (χ4n) is 1.19. The smallest absolute Gasteiger partial charge is 0.225 e. The van der Waals surface area contributed by atoms with Crippen LogP contribution in [0.15, 0.2) is 12.4 Å². The molecule has 0 bridgehead atoms. The highest BCUT2D eigenvalue weighted by Crippen LogP contribution is 2.06.